The molecular weight excluding hydrogens is 338 g/mol. The van der Waals surface area contributed by atoms with E-state index in [2.05, 4.69) is 15.9 Å². The van der Waals surface area contributed by atoms with Crippen molar-refractivity contribution in [1.29, 1.82) is 0 Å². The summed E-state index contributed by atoms with van der Waals surface area (Å²) in [5.74, 6) is 0. The highest BCUT2D eigenvalue weighted by atomic mass is 79.9. The largest absolute Gasteiger partial charge is 0.385 e. The summed E-state index contributed by atoms with van der Waals surface area (Å²) >= 11 is 9.65. The van der Waals surface area contributed by atoms with Crippen LogP contribution in [-0.4, -0.2) is 5.11 Å². The van der Waals surface area contributed by atoms with Gasteiger partial charge in [0.15, 0.2) is 0 Å². The molecule has 2 aromatic rings. The summed E-state index contributed by atoms with van der Waals surface area (Å²) in [7, 11) is 0. The molecule has 0 spiro atoms. The van der Waals surface area contributed by atoms with Crippen molar-refractivity contribution in [3.63, 3.8) is 0 Å². The minimum Gasteiger partial charge on any atom is -0.385 e. The van der Waals surface area contributed by atoms with Crippen molar-refractivity contribution in [2.75, 3.05) is 0 Å². The third kappa shape index (κ3) is 2.40. The van der Waals surface area contributed by atoms with E-state index in [1.165, 1.54) is 0 Å². The molecule has 0 heterocycles. The fourth-order valence-electron chi connectivity index (χ4n) is 2.98. The van der Waals surface area contributed by atoms with Crippen molar-refractivity contribution < 1.29 is 5.11 Å². The van der Waals surface area contributed by atoms with Gasteiger partial charge in [0.1, 0.15) is 0 Å². The van der Waals surface area contributed by atoms with Gasteiger partial charge in [-0.2, -0.15) is 0 Å². The molecule has 0 amide bonds. The summed E-state index contributed by atoms with van der Waals surface area (Å²) in [4.78, 5) is 0. The molecule has 0 aliphatic heterocycles. The van der Waals surface area contributed by atoms with Crippen LogP contribution in [0.2, 0.25) is 5.02 Å². The van der Waals surface area contributed by atoms with Gasteiger partial charge in [0.25, 0.3) is 0 Å². The third-order valence-electron chi connectivity index (χ3n) is 3.92. The van der Waals surface area contributed by atoms with Crippen LogP contribution in [0.5, 0.6) is 0 Å². The first-order valence-corrected chi connectivity index (χ1v) is 7.68. The quantitative estimate of drug-likeness (QED) is 0.860. The van der Waals surface area contributed by atoms with Crippen LogP contribution in [0, 0.1) is 0 Å². The van der Waals surface area contributed by atoms with Crippen LogP contribution in [0.1, 0.15) is 29.2 Å². The maximum atomic E-state index is 11.0. The molecule has 0 saturated heterocycles. The number of rotatable bonds is 2. The van der Waals surface area contributed by atoms with Crippen LogP contribution < -0.4 is 5.73 Å². The number of fused-ring (bicyclic) bond motifs is 1. The fourth-order valence-corrected chi connectivity index (χ4v) is 3.72. The van der Waals surface area contributed by atoms with Crippen LogP contribution in [-0.2, 0) is 12.0 Å². The molecule has 0 radical (unpaired) electrons. The minimum absolute atomic E-state index is 0.120. The predicted molar refractivity (Wildman–Crippen MR) is 84.7 cm³/mol. The molecule has 20 heavy (non-hydrogen) atoms. The molecule has 3 N–H and O–H groups in total. The Balaban J connectivity index is 1.98. The van der Waals surface area contributed by atoms with E-state index in [4.69, 9.17) is 17.3 Å². The van der Waals surface area contributed by atoms with Crippen LogP contribution in [0.15, 0.2) is 46.9 Å². The monoisotopic (exact) mass is 351 g/mol. The summed E-state index contributed by atoms with van der Waals surface area (Å²) < 4.78 is 0.932. The first kappa shape index (κ1) is 14.1. The molecule has 0 fully saturated rings. The number of hydrogen-bond donors (Lipinski definition) is 2. The highest BCUT2D eigenvalue weighted by Gasteiger charge is 2.41. The van der Waals surface area contributed by atoms with Crippen molar-refractivity contribution >= 4 is 27.5 Å². The molecule has 4 heteroatoms. The fraction of sp³-hybridized carbons (Fsp3) is 0.250. The minimum atomic E-state index is -0.937. The van der Waals surface area contributed by atoms with Gasteiger partial charge in [-0.3, -0.25) is 0 Å². The second-order valence-corrected chi connectivity index (χ2v) is 6.66. The maximum Gasteiger partial charge on any atom is 0.0958 e. The summed E-state index contributed by atoms with van der Waals surface area (Å²) in [6, 6.07) is 13.4. The summed E-state index contributed by atoms with van der Waals surface area (Å²) in [6.07, 6.45) is 1.00. The lowest BCUT2D eigenvalue weighted by atomic mass is 9.88. The van der Waals surface area contributed by atoms with E-state index in [0.29, 0.717) is 17.9 Å². The van der Waals surface area contributed by atoms with Gasteiger partial charge < -0.3 is 10.8 Å². The maximum absolute atomic E-state index is 11.0. The molecule has 0 bridgehead atoms. The van der Waals surface area contributed by atoms with Gasteiger partial charge in [-0.25, -0.2) is 0 Å². The number of hydrogen-bond acceptors (Lipinski definition) is 2. The average molecular weight is 353 g/mol. The molecule has 0 saturated carbocycles. The van der Waals surface area contributed by atoms with Gasteiger partial charge >= 0.3 is 0 Å². The van der Waals surface area contributed by atoms with Crippen LogP contribution >= 0.6 is 27.5 Å². The smallest absolute Gasteiger partial charge is 0.0958 e. The molecule has 2 unspecified atom stereocenters. The summed E-state index contributed by atoms with van der Waals surface area (Å²) in [6.45, 7) is 0. The molecule has 1 aliphatic carbocycles. The van der Waals surface area contributed by atoms with Crippen molar-refractivity contribution in [3.8, 4) is 0 Å². The second kappa shape index (κ2) is 5.15. The molecular formula is C16H15BrClNO. The van der Waals surface area contributed by atoms with Gasteiger partial charge in [-0.15, -0.1) is 0 Å². The first-order valence-electron chi connectivity index (χ1n) is 6.51. The van der Waals surface area contributed by atoms with Crippen LogP contribution in [0.25, 0.3) is 0 Å². The van der Waals surface area contributed by atoms with Crippen molar-refractivity contribution in [3.05, 3.63) is 68.7 Å². The molecule has 2 nitrogen and oxygen atoms in total. The van der Waals surface area contributed by atoms with Gasteiger partial charge in [0.05, 0.1) is 5.60 Å². The van der Waals surface area contributed by atoms with E-state index in [0.717, 1.165) is 21.2 Å². The molecule has 104 valence electrons. The number of aliphatic hydroxyl groups is 1. The lowest BCUT2D eigenvalue weighted by Crippen LogP contribution is -2.26. The Hall–Kier alpha value is -0.870. The zero-order valence-electron chi connectivity index (χ0n) is 10.8. The van der Waals surface area contributed by atoms with Crippen molar-refractivity contribution in [1.82, 2.24) is 0 Å². The predicted octanol–water partition coefficient (Wildman–Crippen LogP) is 3.94. The van der Waals surface area contributed by atoms with E-state index in [1.807, 2.05) is 42.5 Å². The van der Waals surface area contributed by atoms with Gasteiger partial charge in [-0.1, -0.05) is 57.9 Å². The Bertz CT molecular complexity index is 661. The second-order valence-electron chi connectivity index (χ2n) is 5.34. The molecule has 2 atom stereocenters. The lowest BCUT2D eigenvalue weighted by Gasteiger charge is -2.25. The standard InChI is InChI=1S/C16H15BrClNO/c17-11-6-5-10(14(18)7-11)8-16(20)9-15(19)12-3-1-2-4-13(12)16/h1-7,15,20H,8-9,19H2. The van der Waals surface area contributed by atoms with Gasteiger partial charge in [-0.05, 0) is 35.2 Å². The van der Waals surface area contributed by atoms with Crippen molar-refractivity contribution in [2.24, 2.45) is 5.73 Å². The molecule has 0 aromatic heterocycles. The number of benzene rings is 2. The van der Waals surface area contributed by atoms with E-state index < -0.39 is 5.60 Å². The average Bonchev–Trinajstić information content (AvgIpc) is 2.66. The number of halogens is 2. The van der Waals surface area contributed by atoms with Gasteiger partial charge in [0.2, 0.25) is 0 Å². The molecule has 2 aromatic carbocycles. The Morgan fingerprint density at radius 1 is 1.30 bits per heavy atom. The zero-order valence-corrected chi connectivity index (χ0v) is 13.2. The molecule has 3 rings (SSSR count). The Labute approximate surface area is 131 Å². The van der Waals surface area contributed by atoms with Crippen LogP contribution in [0.4, 0.5) is 0 Å². The molecule has 1 aliphatic rings. The third-order valence-corrected chi connectivity index (χ3v) is 4.76. The zero-order chi connectivity index (χ0) is 14.3. The summed E-state index contributed by atoms with van der Waals surface area (Å²) in [5, 5.41) is 11.7. The van der Waals surface area contributed by atoms with E-state index in [-0.39, 0.29) is 6.04 Å². The number of nitrogens with two attached hydrogens (primary N) is 1. The van der Waals surface area contributed by atoms with Crippen LogP contribution in [0.3, 0.4) is 0 Å². The topological polar surface area (TPSA) is 46.2 Å². The Morgan fingerprint density at radius 3 is 2.80 bits per heavy atom. The lowest BCUT2D eigenvalue weighted by molar-refractivity contribution is 0.0342. The Kier molecular flexibility index (Phi) is 3.63. The van der Waals surface area contributed by atoms with E-state index in [9.17, 15) is 5.11 Å². The highest BCUT2D eigenvalue weighted by Crippen LogP contribution is 2.44. The highest BCUT2D eigenvalue weighted by molar-refractivity contribution is 9.10. The van der Waals surface area contributed by atoms with E-state index in [1.54, 1.807) is 0 Å². The normalized spacial score (nSPS) is 24.7. The summed E-state index contributed by atoms with van der Waals surface area (Å²) in [5.41, 5.74) is 8.09. The van der Waals surface area contributed by atoms with Gasteiger partial charge in [0, 0.05) is 22.0 Å². The first-order chi connectivity index (χ1) is 9.49. The van der Waals surface area contributed by atoms with E-state index >= 15 is 0 Å². The van der Waals surface area contributed by atoms with Crippen molar-refractivity contribution in [2.45, 2.75) is 24.5 Å². The Morgan fingerprint density at radius 2 is 2.05 bits per heavy atom. The SMILES string of the molecule is NC1CC(O)(Cc2ccc(Br)cc2Cl)c2ccccc21.